The van der Waals surface area contributed by atoms with E-state index < -0.39 is 0 Å². The second kappa shape index (κ2) is 10.8. The molecule has 2 heterocycles. The van der Waals surface area contributed by atoms with Crippen LogP contribution in [-0.2, 0) is 0 Å². The van der Waals surface area contributed by atoms with Crippen LogP contribution in [0, 0.1) is 0 Å². The second-order valence-corrected chi connectivity index (χ2v) is 8.63. The molecule has 37 heavy (non-hydrogen) atoms. The quantitative estimate of drug-likeness (QED) is 0.336. The number of nitrogens with one attached hydrogen (secondary N) is 3. The van der Waals surface area contributed by atoms with Crippen LogP contribution < -0.4 is 25.6 Å². The van der Waals surface area contributed by atoms with Crippen molar-refractivity contribution < 1.29 is 14.3 Å². The molecule has 8 heteroatoms. The Labute approximate surface area is 215 Å². The van der Waals surface area contributed by atoms with Crippen molar-refractivity contribution in [3.8, 4) is 16.9 Å². The van der Waals surface area contributed by atoms with Crippen LogP contribution in [-0.4, -0.2) is 43.2 Å². The van der Waals surface area contributed by atoms with Crippen molar-refractivity contribution >= 4 is 29.0 Å². The number of urea groups is 1. The molecule has 0 bridgehead atoms. The molecule has 0 aliphatic carbocycles. The van der Waals surface area contributed by atoms with Gasteiger partial charge in [-0.05, 0) is 54.1 Å². The van der Waals surface area contributed by atoms with Gasteiger partial charge in [0.1, 0.15) is 11.9 Å². The van der Waals surface area contributed by atoms with Crippen LogP contribution in [0.3, 0.4) is 0 Å². The summed E-state index contributed by atoms with van der Waals surface area (Å²) in [5.41, 5.74) is 4.84. The summed E-state index contributed by atoms with van der Waals surface area (Å²) < 4.78 is 6.14. The molecule has 0 unspecified atom stereocenters. The Hall–Kier alpha value is -4.85. The number of ether oxygens (including phenoxy) is 1. The Morgan fingerprint density at radius 3 is 2.32 bits per heavy atom. The highest BCUT2D eigenvalue weighted by molar-refractivity contribution is 6.04. The molecule has 3 aromatic carbocycles. The highest BCUT2D eigenvalue weighted by Gasteiger charge is 2.31. The molecule has 1 fully saturated rings. The lowest BCUT2D eigenvalue weighted by atomic mass is 9.95. The number of hydrogen-bond acceptors (Lipinski definition) is 5. The summed E-state index contributed by atoms with van der Waals surface area (Å²) in [7, 11) is 1.64. The number of carbonyl (C=O) groups excluding carboxylic acids is 2. The molecule has 1 saturated heterocycles. The van der Waals surface area contributed by atoms with Gasteiger partial charge in [-0.3, -0.25) is 9.78 Å². The molecule has 4 aromatic rings. The van der Waals surface area contributed by atoms with E-state index in [0.717, 1.165) is 22.6 Å². The van der Waals surface area contributed by atoms with Gasteiger partial charge in [0.25, 0.3) is 5.91 Å². The van der Waals surface area contributed by atoms with Crippen LogP contribution in [0.15, 0.2) is 97.3 Å². The van der Waals surface area contributed by atoms with Crippen LogP contribution in [0.5, 0.6) is 5.75 Å². The van der Waals surface area contributed by atoms with Gasteiger partial charge < -0.3 is 25.6 Å². The predicted octanol–water partition coefficient (Wildman–Crippen LogP) is 5.02. The summed E-state index contributed by atoms with van der Waals surface area (Å²) in [6.45, 7) is 1.40. The lowest BCUT2D eigenvalue weighted by molar-refractivity contribution is 0.0963. The lowest BCUT2D eigenvalue weighted by Gasteiger charge is -2.42. The topological polar surface area (TPSA) is 95.6 Å². The SMILES string of the molecule is CNC(=O)c1cccc(N2CC(Oc3ccc(NC(=O)Nc4cccnc4)cc3)C2)c1-c1ccccc1. The summed E-state index contributed by atoms with van der Waals surface area (Å²) in [4.78, 5) is 31.0. The largest absolute Gasteiger partial charge is 0.487 e. The molecule has 5 rings (SSSR count). The van der Waals surface area contributed by atoms with Crippen LogP contribution in [0.2, 0.25) is 0 Å². The highest BCUT2D eigenvalue weighted by atomic mass is 16.5. The predicted molar refractivity (Wildman–Crippen MR) is 145 cm³/mol. The van der Waals surface area contributed by atoms with Gasteiger partial charge in [0, 0.05) is 35.7 Å². The van der Waals surface area contributed by atoms with E-state index in [2.05, 4.69) is 25.8 Å². The van der Waals surface area contributed by atoms with Gasteiger partial charge in [-0.2, -0.15) is 0 Å². The average Bonchev–Trinajstić information content (AvgIpc) is 2.91. The van der Waals surface area contributed by atoms with Gasteiger partial charge in [-0.15, -0.1) is 0 Å². The fourth-order valence-corrected chi connectivity index (χ4v) is 4.28. The molecule has 0 spiro atoms. The standard InChI is InChI=1S/C29H27N5O3/c1-30-28(35)25-10-5-11-26(27(25)20-7-3-2-4-8-20)34-18-24(19-34)37-23-14-12-21(13-15-23)32-29(36)33-22-9-6-16-31-17-22/h2-17,24H,18-19H2,1H3,(H,30,35)(H2,32,33,36). The third-order valence-electron chi connectivity index (χ3n) is 6.10. The summed E-state index contributed by atoms with van der Waals surface area (Å²) >= 11 is 0. The van der Waals surface area contributed by atoms with Crippen molar-refractivity contribution in [2.75, 3.05) is 35.7 Å². The number of pyridine rings is 1. The zero-order valence-electron chi connectivity index (χ0n) is 20.3. The molecule has 0 atom stereocenters. The van der Waals surface area contributed by atoms with Gasteiger partial charge in [0.15, 0.2) is 0 Å². The molecule has 8 nitrogen and oxygen atoms in total. The zero-order valence-corrected chi connectivity index (χ0v) is 20.3. The van der Waals surface area contributed by atoms with Crippen LogP contribution in [0.4, 0.5) is 21.9 Å². The molecule has 3 amide bonds. The average molecular weight is 494 g/mol. The summed E-state index contributed by atoms with van der Waals surface area (Å²) in [5, 5.41) is 8.27. The van der Waals surface area contributed by atoms with Crippen molar-refractivity contribution in [3.63, 3.8) is 0 Å². The van der Waals surface area contributed by atoms with Crippen molar-refractivity contribution in [3.05, 3.63) is 103 Å². The first kappa shape index (κ1) is 23.9. The fourth-order valence-electron chi connectivity index (χ4n) is 4.28. The summed E-state index contributed by atoms with van der Waals surface area (Å²) in [5.74, 6) is 0.613. The molecule has 3 N–H and O–H groups in total. The maximum absolute atomic E-state index is 12.6. The van der Waals surface area contributed by atoms with E-state index in [-0.39, 0.29) is 18.0 Å². The van der Waals surface area contributed by atoms with Crippen molar-refractivity contribution in [2.24, 2.45) is 0 Å². The van der Waals surface area contributed by atoms with Crippen molar-refractivity contribution in [2.45, 2.75) is 6.10 Å². The third-order valence-corrected chi connectivity index (χ3v) is 6.10. The monoisotopic (exact) mass is 493 g/mol. The van der Waals surface area contributed by atoms with Gasteiger partial charge in [-0.25, -0.2) is 4.79 Å². The molecule has 186 valence electrons. The molecular weight excluding hydrogens is 466 g/mol. The molecule has 0 saturated carbocycles. The van der Waals surface area contributed by atoms with E-state index in [1.807, 2.05) is 60.7 Å². The normalized spacial score (nSPS) is 12.8. The van der Waals surface area contributed by atoms with E-state index in [9.17, 15) is 9.59 Å². The molecule has 0 radical (unpaired) electrons. The zero-order chi connectivity index (χ0) is 25.6. The van der Waals surface area contributed by atoms with E-state index in [4.69, 9.17) is 4.74 Å². The first-order chi connectivity index (χ1) is 18.1. The van der Waals surface area contributed by atoms with Gasteiger partial charge in [0.2, 0.25) is 0 Å². The van der Waals surface area contributed by atoms with Crippen LogP contribution >= 0.6 is 0 Å². The highest BCUT2D eigenvalue weighted by Crippen LogP contribution is 2.37. The Bertz CT molecular complexity index is 1370. The van der Waals surface area contributed by atoms with Crippen LogP contribution in [0.25, 0.3) is 11.1 Å². The number of hydrogen-bond donors (Lipinski definition) is 3. The summed E-state index contributed by atoms with van der Waals surface area (Å²) in [6, 6.07) is 26.2. The first-order valence-electron chi connectivity index (χ1n) is 12.0. The molecule has 1 aliphatic rings. The number of rotatable bonds is 7. The molecule has 1 aliphatic heterocycles. The number of carbonyl (C=O) groups is 2. The number of anilines is 3. The number of aromatic nitrogens is 1. The Morgan fingerprint density at radius 2 is 1.62 bits per heavy atom. The van der Waals surface area contributed by atoms with Gasteiger partial charge in [-0.1, -0.05) is 36.4 Å². The maximum Gasteiger partial charge on any atom is 0.323 e. The van der Waals surface area contributed by atoms with E-state index in [1.165, 1.54) is 0 Å². The van der Waals surface area contributed by atoms with Crippen molar-refractivity contribution in [1.82, 2.24) is 10.3 Å². The van der Waals surface area contributed by atoms with Crippen molar-refractivity contribution in [1.29, 1.82) is 0 Å². The number of amides is 3. The summed E-state index contributed by atoms with van der Waals surface area (Å²) in [6.07, 6.45) is 3.24. The lowest BCUT2D eigenvalue weighted by Crippen LogP contribution is -2.54. The van der Waals surface area contributed by atoms with Gasteiger partial charge >= 0.3 is 6.03 Å². The number of nitrogens with zero attached hydrogens (tertiary/aromatic N) is 2. The number of benzene rings is 3. The maximum atomic E-state index is 12.6. The van der Waals surface area contributed by atoms with Crippen LogP contribution in [0.1, 0.15) is 10.4 Å². The first-order valence-corrected chi connectivity index (χ1v) is 12.0. The van der Waals surface area contributed by atoms with E-state index in [0.29, 0.717) is 30.0 Å². The fraction of sp³-hybridized carbons (Fsp3) is 0.138. The minimum atomic E-state index is -0.343. The van der Waals surface area contributed by atoms with Gasteiger partial charge in [0.05, 0.1) is 25.0 Å². The Morgan fingerprint density at radius 1 is 0.865 bits per heavy atom. The second-order valence-electron chi connectivity index (χ2n) is 8.63. The molecule has 1 aromatic heterocycles. The molecular formula is C29H27N5O3. The minimum Gasteiger partial charge on any atom is -0.487 e. The smallest absolute Gasteiger partial charge is 0.323 e. The Kier molecular flexibility index (Phi) is 6.98. The Balaban J connectivity index is 1.21. The minimum absolute atomic E-state index is 0.0139. The third kappa shape index (κ3) is 5.54. The van der Waals surface area contributed by atoms with E-state index in [1.54, 1.807) is 43.7 Å². The van der Waals surface area contributed by atoms with E-state index >= 15 is 0 Å².